The largest absolute Gasteiger partial charge is 0.311 e. The molecule has 28 heavy (non-hydrogen) atoms. The van der Waals surface area contributed by atoms with E-state index in [0.717, 1.165) is 31.1 Å². The number of hydrogen-bond donors (Lipinski definition) is 2. The van der Waals surface area contributed by atoms with Crippen molar-refractivity contribution in [3.8, 4) is 0 Å². The fourth-order valence-corrected chi connectivity index (χ4v) is 4.24. The minimum Gasteiger partial charge on any atom is -0.311 e. The molecule has 0 aliphatic heterocycles. The van der Waals surface area contributed by atoms with Crippen LogP contribution < -0.4 is 5.32 Å². The molecule has 2 nitrogen and oxygen atoms in total. The number of rotatable bonds is 23. The van der Waals surface area contributed by atoms with E-state index in [4.69, 9.17) is 5.41 Å². The van der Waals surface area contributed by atoms with Gasteiger partial charge in [0.05, 0.1) is 0 Å². The molecule has 0 atom stereocenters. The minimum atomic E-state index is 0.809. The lowest BCUT2D eigenvalue weighted by atomic mass is 9.95. The summed E-state index contributed by atoms with van der Waals surface area (Å²) in [6, 6.07) is 0. The quantitative estimate of drug-likeness (QED) is 0.132. The van der Waals surface area contributed by atoms with Gasteiger partial charge in [-0.1, -0.05) is 124 Å². The van der Waals surface area contributed by atoms with Crippen LogP contribution in [-0.4, -0.2) is 18.8 Å². The van der Waals surface area contributed by atoms with Crippen LogP contribution in [0.3, 0.4) is 0 Å². The van der Waals surface area contributed by atoms with Gasteiger partial charge < -0.3 is 10.7 Å². The molecule has 0 heterocycles. The number of nitrogens with one attached hydrogen (secondary N) is 2. The molecular formula is C26H54N2. The highest BCUT2D eigenvalue weighted by molar-refractivity contribution is 5.83. The van der Waals surface area contributed by atoms with Gasteiger partial charge in [0.1, 0.15) is 0 Å². The molecule has 0 saturated carbocycles. The van der Waals surface area contributed by atoms with E-state index in [-0.39, 0.29) is 0 Å². The molecule has 0 saturated heterocycles. The Hall–Kier alpha value is -0.370. The smallest absolute Gasteiger partial charge is 0.0332 e. The van der Waals surface area contributed by atoms with Gasteiger partial charge in [-0.2, -0.15) is 0 Å². The summed E-state index contributed by atoms with van der Waals surface area (Å²) < 4.78 is 0. The van der Waals surface area contributed by atoms with Gasteiger partial charge in [0.2, 0.25) is 0 Å². The van der Waals surface area contributed by atoms with Crippen LogP contribution in [0.2, 0.25) is 0 Å². The Morgan fingerprint density at radius 2 is 1.07 bits per heavy atom. The normalized spacial score (nSPS) is 11.4. The predicted octanol–water partition coefficient (Wildman–Crippen LogP) is 8.68. The first-order chi connectivity index (χ1) is 13.7. The molecule has 0 aliphatic carbocycles. The second-order valence-electron chi connectivity index (χ2n) is 9.01. The van der Waals surface area contributed by atoms with Crippen LogP contribution in [-0.2, 0) is 0 Å². The summed E-state index contributed by atoms with van der Waals surface area (Å²) in [5.41, 5.74) is 0.908. The maximum atomic E-state index is 8.13. The monoisotopic (exact) mass is 394 g/mol. The molecule has 0 aromatic heterocycles. The second-order valence-corrected chi connectivity index (χ2v) is 9.01. The van der Waals surface area contributed by atoms with Crippen LogP contribution >= 0.6 is 0 Å². The topological polar surface area (TPSA) is 35.9 Å². The molecule has 2 N–H and O–H groups in total. The van der Waals surface area contributed by atoms with Gasteiger partial charge in [-0.05, 0) is 31.7 Å². The number of unbranched alkanes of at least 4 members (excludes halogenated alkanes) is 12. The zero-order chi connectivity index (χ0) is 20.7. The van der Waals surface area contributed by atoms with Crippen LogP contribution in [0.5, 0.6) is 0 Å². The molecule has 0 radical (unpaired) electrons. The SMILES string of the molecule is CCCCCCCCCCCCCCCC(=N)CNCCC(CCC)CCC. The van der Waals surface area contributed by atoms with E-state index in [2.05, 4.69) is 26.1 Å². The third-order valence-corrected chi connectivity index (χ3v) is 6.04. The van der Waals surface area contributed by atoms with Crippen LogP contribution in [0.1, 0.15) is 143 Å². The Morgan fingerprint density at radius 3 is 1.54 bits per heavy atom. The van der Waals surface area contributed by atoms with Crippen LogP contribution in [0.25, 0.3) is 0 Å². The summed E-state index contributed by atoms with van der Waals surface area (Å²) in [6.45, 7) is 8.77. The van der Waals surface area contributed by atoms with E-state index in [0.29, 0.717) is 0 Å². The lowest BCUT2D eigenvalue weighted by Gasteiger charge is -2.15. The Bertz CT molecular complexity index is 308. The molecular weight excluding hydrogens is 340 g/mol. The fourth-order valence-electron chi connectivity index (χ4n) is 4.24. The third-order valence-electron chi connectivity index (χ3n) is 6.04. The first-order valence-electron chi connectivity index (χ1n) is 13.0. The van der Waals surface area contributed by atoms with Gasteiger partial charge in [0, 0.05) is 12.3 Å². The average molecular weight is 395 g/mol. The van der Waals surface area contributed by atoms with E-state index < -0.39 is 0 Å². The average Bonchev–Trinajstić information content (AvgIpc) is 2.69. The van der Waals surface area contributed by atoms with Crippen molar-refractivity contribution in [2.24, 2.45) is 5.92 Å². The first kappa shape index (κ1) is 27.6. The van der Waals surface area contributed by atoms with Gasteiger partial charge in [-0.3, -0.25) is 0 Å². The van der Waals surface area contributed by atoms with Crippen molar-refractivity contribution in [3.05, 3.63) is 0 Å². The van der Waals surface area contributed by atoms with Crippen molar-refractivity contribution in [3.63, 3.8) is 0 Å². The van der Waals surface area contributed by atoms with Crippen LogP contribution in [0, 0.1) is 11.3 Å². The summed E-state index contributed by atoms with van der Waals surface area (Å²) in [5, 5.41) is 11.6. The summed E-state index contributed by atoms with van der Waals surface area (Å²) in [6.07, 6.45) is 25.8. The summed E-state index contributed by atoms with van der Waals surface area (Å²) in [7, 11) is 0. The lowest BCUT2D eigenvalue weighted by molar-refractivity contribution is 0.404. The maximum Gasteiger partial charge on any atom is 0.0332 e. The van der Waals surface area contributed by atoms with E-state index in [1.807, 2.05) is 0 Å². The van der Waals surface area contributed by atoms with Crippen molar-refractivity contribution in [2.45, 2.75) is 143 Å². The van der Waals surface area contributed by atoms with Gasteiger partial charge in [-0.25, -0.2) is 0 Å². The van der Waals surface area contributed by atoms with Crippen molar-refractivity contribution in [2.75, 3.05) is 13.1 Å². The lowest BCUT2D eigenvalue weighted by Crippen LogP contribution is -2.25. The molecule has 0 bridgehead atoms. The van der Waals surface area contributed by atoms with E-state index in [1.54, 1.807) is 0 Å². The molecule has 0 amide bonds. The highest BCUT2D eigenvalue weighted by atomic mass is 14.9. The standard InChI is InChI=1S/C26H54N2/c1-4-7-8-9-10-11-12-13-14-15-16-17-18-21-26(27)24-28-23-22-25(19-5-2)20-6-3/h25,27-28H,4-24H2,1-3H3. The molecule has 0 aromatic rings. The van der Waals surface area contributed by atoms with Crippen LogP contribution in [0.15, 0.2) is 0 Å². The van der Waals surface area contributed by atoms with Crippen molar-refractivity contribution in [1.82, 2.24) is 5.32 Å². The highest BCUT2D eigenvalue weighted by Crippen LogP contribution is 2.16. The summed E-state index contributed by atoms with van der Waals surface area (Å²) in [4.78, 5) is 0. The molecule has 0 rings (SSSR count). The van der Waals surface area contributed by atoms with Crippen LogP contribution in [0.4, 0.5) is 0 Å². The van der Waals surface area contributed by atoms with Gasteiger partial charge in [-0.15, -0.1) is 0 Å². The van der Waals surface area contributed by atoms with Gasteiger partial charge in [0.15, 0.2) is 0 Å². The zero-order valence-electron chi connectivity index (χ0n) is 19.9. The van der Waals surface area contributed by atoms with Gasteiger partial charge >= 0.3 is 0 Å². The molecule has 0 spiro atoms. The zero-order valence-corrected chi connectivity index (χ0v) is 19.9. The molecule has 0 unspecified atom stereocenters. The molecule has 0 fully saturated rings. The summed E-state index contributed by atoms with van der Waals surface area (Å²) in [5.74, 6) is 0.887. The maximum absolute atomic E-state index is 8.13. The summed E-state index contributed by atoms with van der Waals surface area (Å²) >= 11 is 0. The molecule has 0 aromatic carbocycles. The minimum absolute atomic E-state index is 0.809. The predicted molar refractivity (Wildman–Crippen MR) is 129 cm³/mol. The Kier molecular flexibility index (Phi) is 22.6. The Labute approximate surface area is 178 Å². The highest BCUT2D eigenvalue weighted by Gasteiger charge is 2.06. The van der Waals surface area contributed by atoms with E-state index in [1.165, 1.54) is 116 Å². The van der Waals surface area contributed by atoms with E-state index in [9.17, 15) is 0 Å². The van der Waals surface area contributed by atoms with Gasteiger partial charge in [0.25, 0.3) is 0 Å². The molecule has 0 aliphatic rings. The molecule has 168 valence electrons. The van der Waals surface area contributed by atoms with E-state index >= 15 is 0 Å². The van der Waals surface area contributed by atoms with Crippen molar-refractivity contribution >= 4 is 5.71 Å². The Morgan fingerprint density at radius 1 is 0.607 bits per heavy atom. The number of hydrogen-bond acceptors (Lipinski definition) is 2. The molecule has 2 heteroatoms. The van der Waals surface area contributed by atoms with Crippen molar-refractivity contribution < 1.29 is 0 Å². The second kappa shape index (κ2) is 22.9. The third kappa shape index (κ3) is 20.4. The first-order valence-corrected chi connectivity index (χ1v) is 13.0. The van der Waals surface area contributed by atoms with Crippen molar-refractivity contribution in [1.29, 1.82) is 5.41 Å². The Balaban J connectivity index is 3.30. The fraction of sp³-hybridized carbons (Fsp3) is 0.962.